The van der Waals surface area contributed by atoms with Crippen molar-refractivity contribution in [2.75, 3.05) is 43.6 Å². The molecule has 2 heterocycles. The van der Waals surface area contributed by atoms with Crippen molar-refractivity contribution in [1.82, 2.24) is 14.9 Å². The third-order valence-electron chi connectivity index (χ3n) is 7.32. The smallest absolute Gasteiger partial charge is 0.322 e. The van der Waals surface area contributed by atoms with Crippen LogP contribution in [0.1, 0.15) is 12.8 Å². The number of carbonyl (C=O) groups is 1. The molecule has 3 aromatic carbocycles. The number of hydrogen-bond donors (Lipinski definition) is 1. The number of nitrogens with one attached hydrogen (secondary N) is 1. The van der Waals surface area contributed by atoms with Crippen LogP contribution in [0.4, 0.5) is 26.0 Å². The number of anilines is 3. The number of methoxy groups -OCH3 is 1. The minimum Gasteiger partial charge on any atom is -0.493 e. The van der Waals surface area contributed by atoms with Crippen LogP contribution >= 0.6 is 0 Å². The number of sulfonamides is 1. The maximum Gasteiger partial charge on any atom is 0.322 e. The predicted octanol–water partition coefficient (Wildman–Crippen LogP) is 5.18. The summed E-state index contributed by atoms with van der Waals surface area (Å²) in [5, 5.41) is 3.09. The number of ether oxygens (including phenoxy) is 2. The predicted molar refractivity (Wildman–Crippen MR) is 163 cm³/mol. The van der Waals surface area contributed by atoms with E-state index in [4.69, 9.17) is 9.47 Å². The molecule has 236 valence electrons. The summed E-state index contributed by atoms with van der Waals surface area (Å²) in [7, 11) is -1.23. The van der Waals surface area contributed by atoms with Gasteiger partial charge in [0.15, 0.2) is 16.4 Å². The quantitative estimate of drug-likeness (QED) is 0.164. The van der Waals surface area contributed by atoms with E-state index >= 15 is 0 Å². The average Bonchev–Trinajstić information content (AvgIpc) is 3.03. The molecule has 1 saturated heterocycles. The molecule has 1 N–H and O–H groups in total. The van der Waals surface area contributed by atoms with Crippen LogP contribution in [0.2, 0.25) is 0 Å². The van der Waals surface area contributed by atoms with Crippen LogP contribution in [0.25, 0.3) is 11.3 Å². The first-order chi connectivity index (χ1) is 21.7. The first-order valence-electron chi connectivity index (χ1n) is 14.0. The molecule has 0 saturated carbocycles. The number of piperidine rings is 1. The van der Waals surface area contributed by atoms with Crippen LogP contribution in [-0.4, -0.2) is 63.6 Å². The van der Waals surface area contributed by atoms with E-state index < -0.39 is 26.6 Å². The van der Waals surface area contributed by atoms with Crippen molar-refractivity contribution in [2.24, 2.45) is 5.92 Å². The lowest BCUT2D eigenvalue weighted by Gasteiger charge is -2.28. The number of benzene rings is 3. The Balaban J connectivity index is 1.30. The molecular weight excluding hydrogens is 608 g/mol. The first kappa shape index (κ1) is 31.6. The Hall–Kier alpha value is -4.82. The summed E-state index contributed by atoms with van der Waals surface area (Å²) in [5.41, 5.74) is 1.68. The monoisotopic (exact) mass is 639 g/mol. The van der Waals surface area contributed by atoms with Crippen molar-refractivity contribution in [1.29, 1.82) is 0 Å². The van der Waals surface area contributed by atoms with Gasteiger partial charge >= 0.3 is 16.5 Å². The third kappa shape index (κ3) is 7.29. The fourth-order valence-corrected chi connectivity index (χ4v) is 6.23. The highest BCUT2D eigenvalue weighted by Gasteiger charge is 2.33. The summed E-state index contributed by atoms with van der Waals surface area (Å²) in [5.74, 6) is -0.512. The van der Waals surface area contributed by atoms with Gasteiger partial charge in [0, 0.05) is 17.3 Å². The molecule has 45 heavy (non-hydrogen) atoms. The van der Waals surface area contributed by atoms with Gasteiger partial charge in [-0.2, -0.15) is 8.42 Å². The van der Waals surface area contributed by atoms with Crippen molar-refractivity contribution in [3.05, 3.63) is 84.7 Å². The molecule has 1 aromatic heterocycles. The number of carbonyl (C=O) groups excluding carboxylic acids is 1. The fraction of sp³-hybridized carbons (Fsp3) is 0.258. The lowest BCUT2D eigenvalue weighted by atomic mass is 9.98. The minimum atomic E-state index is -4.94. The molecule has 1 aliphatic heterocycles. The van der Waals surface area contributed by atoms with E-state index in [2.05, 4.69) is 32.1 Å². The van der Waals surface area contributed by atoms with E-state index in [-0.39, 0.29) is 16.6 Å². The van der Waals surface area contributed by atoms with Crippen LogP contribution in [0.3, 0.4) is 0 Å². The number of hydrogen-bond acceptors (Lipinski definition) is 10. The van der Waals surface area contributed by atoms with Crippen LogP contribution < -0.4 is 19.3 Å². The Labute approximate surface area is 259 Å². The molecule has 0 atom stereocenters. The van der Waals surface area contributed by atoms with Gasteiger partial charge in [-0.05, 0) is 93.5 Å². The first-order valence-corrected chi connectivity index (χ1v) is 15.4. The molecule has 14 heteroatoms. The van der Waals surface area contributed by atoms with Crippen molar-refractivity contribution in [3.8, 4) is 22.8 Å². The number of halogens is 2. The van der Waals surface area contributed by atoms with Gasteiger partial charge in [0.2, 0.25) is 0 Å². The lowest BCUT2D eigenvalue weighted by molar-refractivity contribution is -0.128. The second-order valence-corrected chi connectivity index (χ2v) is 12.1. The largest absolute Gasteiger partial charge is 0.493 e. The SMILES string of the molecule is COc1cc(-c2cc(Nc3ccc(N(OC=O)S(=O)(=O)c4c(F)cccc4F)cc3)ncn2)ccc1OCC1CCN(C)CC1. The Bertz CT molecular complexity index is 1730. The topological polar surface area (TPSA) is 123 Å². The highest BCUT2D eigenvalue weighted by Crippen LogP contribution is 2.34. The average molecular weight is 640 g/mol. The number of aromatic nitrogens is 2. The van der Waals surface area contributed by atoms with Gasteiger partial charge in [-0.1, -0.05) is 10.5 Å². The molecule has 5 rings (SSSR count). The molecule has 1 fully saturated rings. The molecule has 11 nitrogen and oxygen atoms in total. The Morgan fingerprint density at radius 1 is 1.00 bits per heavy atom. The molecule has 4 aromatic rings. The molecular formula is C31H31F2N5O6S. The zero-order valence-corrected chi connectivity index (χ0v) is 25.3. The molecule has 0 unspecified atom stereocenters. The van der Waals surface area contributed by atoms with Gasteiger partial charge < -0.3 is 24.5 Å². The van der Waals surface area contributed by atoms with E-state index in [1.54, 1.807) is 13.2 Å². The maximum atomic E-state index is 14.3. The van der Waals surface area contributed by atoms with Crippen LogP contribution in [0.5, 0.6) is 11.5 Å². The standard InChI is InChI=1S/C31H31F2N5O6S/c1-37-14-12-21(13-15-37)18-43-28-11-6-22(16-29(28)42-2)27-17-30(35-19-34-27)36-23-7-9-24(10-8-23)38(44-20-39)45(40,41)31-25(32)4-3-5-26(31)33/h3-11,16-17,19-21H,12-15,18H2,1-2H3,(H,34,35,36). The molecule has 1 aliphatic rings. The van der Waals surface area contributed by atoms with Gasteiger partial charge in [0.25, 0.3) is 0 Å². The molecule has 0 radical (unpaired) electrons. The maximum absolute atomic E-state index is 14.3. The van der Waals surface area contributed by atoms with Crippen molar-refractivity contribution in [3.63, 3.8) is 0 Å². The Morgan fingerprint density at radius 3 is 2.38 bits per heavy atom. The lowest BCUT2D eigenvalue weighted by Crippen LogP contribution is -2.32. The van der Waals surface area contributed by atoms with E-state index in [1.165, 1.54) is 30.6 Å². The summed E-state index contributed by atoms with van der Waals surface area (Å²) >= 11 is 0. The van der Waals surface area contributed by atoms with Gasteiger partial charge in [-0.3, -0.25) is 4.79 Å². The summed E-state index contributed by atoms with van der Waals surface area (Å²) in [6.07, 6.45) is 3.57. The van der Waals surface area contributed by atoms with Gasteiger partial charge in [-0.15, -0.1) is 0 Å². The summed E-state index contributed by atoms with van der Waals surface area (Å²) < 4.78 is 66.4. The zero-order chi connectivity index (χ0) is 32.0. The van der Waals surface area contributed by atoms with E-state index in [9.17, 15) is 22.0 Å². The van der Waals surface area contributed by atoms with Crippen molar-refractivity contribution >= 4 is 33.7 Å². The van der Waals surface area contributed by atoms with Crippen molar-refractivity contribution < 1.29 is 36.3 Å². The molecule has 0 amide bonds. The van der Waals surface area contributed by atoms with E-state index in [1.807, 2.05) is 18.2 Å². The van der Waals surface area contributed by atoms with E-state index in [0.717, 1.165) is 49.7 Å². The zero-order valence-electron chi connectivity index (χ0n) is 24.5. The third-order valence-corrected chi connectivity index (χ3v) is 8.96. The summed E-state index contributed by atoms with van der Waals surface area (Å²) in [6, 6.07) is 15.4. The second-order valence-electron chi connectivity index (χ2n) is 10.4. The van der Waals surface area contributed by atoms with Crippen LogP contribution in [-0.2, 0) is 19.7 Å². The Kier molecular flexibility index (Phi) is 9.74. The highest BCUT2D eigenvalue weighted by molar-refractivity contribution is 7.92. The number of nitrogens with zero attached hydrogens (tertiary/aromatic N) is 4. The number of likely N-dealkylation sites (tertiary alicyclic amines) is 1. The van der Waals surface area contributed by atoms with Crippen molar-refractivity contribution in [2.45, 2.75) is 17.7 Å². The highest BCUT2D eigenvalue weighted by atomic mass is 32.2. The molecule has 0 bridgehead atoms. The Morgan fingerprint density at radius 2 is 1.71 bits per heavy atom. The fourth-order valence-electron chi connectivity index (χ4n) is 4.89. The van der Waals surface area contributed by atoms with E-state index in [0.29, 0.717) is 41.2 Å². The summed E-state index contributed by atoms with van der Waals surface area (Å²) in [4.78, 5) is 25.4. The second kappa shape index (κ2) is 13.9. The van der Waals surface area contributed by atoms with Crippen LogP contribution in [0.15, 0.2) is 78.0 Å². The summed E-state index contributed by atoms with van der Waals surface area (Å²) in [6.45, 7) is 2.58. The van der Waals surface area contributed by atoms with Gasteiger partial charge in [-0.25, -0.2) is 18.7 Å². The van der Waals surface area contributed by atoms with Gasteiger partial charge in [0.05, 0.1) is 25.1 Å². The molecule has 0 spiro atoms. The minimum absolute atomic E-state index is 0.141. The molecule has 0 aliphatic carbocycles. The van der Waals surface area contributed by atoms with Crippen LogP contribution in [0, 0.1) is 17.6 Å². The van der Waals surface area contributed by atoms with Gasteiger partial charge in [0.1, 0.15) is 23.8 Å². The normalized spacial score (nSPS) is 14.0. The number of rotatable bonds is 12.